The van der Waals surface area contributed by atoms with Crippen molar-refractivity contribution >= 4 is 11.6 Å². The minimum atomic E-state index is -4.18. The van der Waals surface area contributed by atoms with Crippen LogP contribution < -0.4 is 10.6 Å². The van der Waals surface area contributed by atoms with Crippen molar-refractivity contribution in [3.8, 4) is 0 Å². The molecule has 0 fully saturated rings. The summed E-state index contributed by atoms with van der Waals surface area (Å²) in [5.74, 6) is 0.994. The van der Waals surface area contributed by atoms with E-state index in [2.05, 4.69) is 20.6 Å². The lowest BCUT2D eigenvalue weighted by Crippen LogP contribution is -2.24. The van der Waals surface area contributed by atoms with Gasteiger partial charge >= 0.3 is 6.18 Å². The van der Waals surface area contributed by atoms with Crippen molar-refractivity contribution in [2.75, 3.05) is 17.2 Å². The first-order chi connectivity index (χ1) is 8.40. The highest BCUT2D eigenvalue weighted by molar-refractivity contribution is 5.46. The SMILES string of the molecule is CCCNc1cc(NC(C)CC(F)(F)F)ncn1. The summed E-state index contributed by atoms with van der Waals surface area (Å²) in [7, 11) is 0. The van der Waals surface area contributed by atoms with Crippen molar-refractivity contribution in [2.24, 2.45) is 0 Å². The van der Waals surface area contributed by atoms with Crippen LogP contribution in [-0.4, -0.2) is 28.7 Å². The summed E-state index contributed by atoms with van der Waals surface area (Å²) in [6, 6.07) is 0.877. The number of nitrogens with one attached hydrogen (secondary N) is 2. The molecule has 1 atom stereocenters. The zero-order valence-electron chi connectivity index (χ0n) is 10.4. The summed E-state index contributed by atoms with van der Waals surface area (Å²) >= 11 is 0. The number of alkyl halides is 3. The van der Waals surface area contributed by atoms with Crippen LogP contribution >= 0.6 is 0 Å². The number of anilines is 2. The molecular formula is C11H17F3N4. The van der Waals surface area contributed by atoms with Gasteiger partial charge < -0.3 is 10.6 Å². The van der Waals surface area contributed by atoms with E-state index in [-0.39, 0.29) is 0 Å². The summed E-state index contributed by atoms with van der Waals surface area (Å²) < 4.78 is 36.5. The van der Waals surface area contributed by atoms with Crippen molar-refractivity contribution in [1.82, 2.24) is 9.97 Å². The maximum atomic E-state index is 12.2. The minimum Gasteiger partial charge on any atom is -0.370 e. The smallest absolute Gasteiger partial charge is 0.370 e. The first kappa shape index (κ1) is 14.5. The molecule has 1 heterocycles. The van der Waals surface area contributed by atoms with Crippen LogP contribution in [0.4, 0.5) is 24.8 Å². The van der Waals surface area contributed by atoms with Gasteiger partial charge in [0.1, 0.15) is 18.0 Å². The van der Waals surface area contributed by atoms with E-state index in [0.717, 1.165) is 13.0 Å². The van der Waals surface area contributed by atoms with Gasteiger partial charge in [-0.25, -0.2) is 9.97 Å². The van der Waals surface area contributed by atoms with Crippen LogP contribution in [-0.2, 0) is 0 Å². The first-order valence-corrected chi connectivity index (χ1v) is 5.80. The maximum Gasteiger partial charge on any atom is 0.391 e. The predicted molar refractivity (Wildman–Crippen MR) is 64.6 cm³/mol. The molecule has 4 nitrogen and oxygen atoms in total. The first-order valence-electron chi connectivity index (χ1n) is 5.80. The topological polar surface area (TPSA) is 49.8 Å². The Bertz CT molecular complexity index is 368. The average molecular weight is 262 g/mol. The second-order valence-electron chi connectivity index (χ2n) is 4.08. The van der Waals surface area contributed by atoms with E-state index in [1.54, 1.807) is 6.07 Å². The quantitative estimate of drug-likeness (QED) is 0.827. The Hall–Kier alpha value is -1.53. The van der Waals surface area contributed by atoms with E-state index in [1.165, 1.54) is 13.3 Å². The van der Waals surface area contributed by atoms with Crippen LogP contribution in [0.3, 0.4) is 0 Å². The molecule has 7 heteroatoms. The molecule has 1 aromatic rings. The lowest BCUT2D eigenvalue weighted by Gasteiger charge is -2.16. The zero-order chi connectivity index (χ0) is 13.6. The Morgan fingerprint density at radius 2 is 1.94 bits per heavy atom. The van der Waals surface area contributed by atoms with Crippen molar-refractivity contribution in [3.63, 3.8) is 0 Å². The Morgan fingerprint density at radius 1 is 1.28 bits per heavy atom. The second kappa shape index (κ2) is 6.42. The van der Waals surface area contributed by atoms with E-state index in [0.29, 0.717) is 11.6 Å². The largest absolute Gasteiger partial charge is 0.391 e. The fourth-order valence-corrected chi connectivity index (χ4v) is 1.44. The molecule has 2 N–H and O–H groups in total. The zero-order valence-corrected chi connectivity index (χ0v) is 10.4. The van der Waals surface area contributed by atoms with E-state index >= 15 is 0 Å². The molecule has 0 aromatic carbocycles. The van der Waals surface area contributed by atoms with E-state index in [1.807, 2.05) is 6.92 Å². The van der Waals surface area contributed by atoms with Crippen molar-refractivity contribution < 1.29 is 13.2 Å². The summed E-state index contributed by atoms with van der Waals surface area (Å²) in [4.78, 5) is 7.86. The van der Waals surface area contributed by atoms with Crippen LogP contribution in [0.25, 0.3) is 0 Å². The highest BCUT2D eigenvalue weighted by Crippen LogP contribution is 2.23. The lowest BCUT2D eigenvalue weighted by atomic mass is 10.2. The number of aromatic nitrogens is 2. The van der Waals surface area contributed by atoms with Crippen molar-refractivity contribution in [1.29, 1.82) is 0 Å². The molecule has 0 spiro atoms. The van der Waals surface area contributed by atoms with Gasteiger partial charge in [-0.1, -0.05) is 6.92 Å². The Labute approximate surface area is 104 Å². The minimum absolute atomic E-state index is 0.389. The highest BCUT2D eigenvalue weighted by Gasteiger charge is 2.30. The highest BCUT2D eigenvalue weighted by atomic mass is 19.4. The number of nitrogens with zero attached hydrogens (tertiary/aromatic N) is 2. The van der Waals surface area contributed by atoms with Crippen LogP contribution in [0.1, 0.15) is 26.7 Å². The number of halogens is 3. The van der Waals surface area contributed by atoms with Crippen LogP contribution in [0, 0.1) is 0 Å². The standard InChI is InChI=1S/C11H17F3N4/c1-3-4-15-9-5-10(17-7-16-9)18-8(2)6-11(12,13)14/h5,7-8H,3-4,6H2,1-2H3,(H2,15,16,17,18). The van der Waals surface area contributed by atoms with Crippen LogP contribution in [0.2, 0.25) is 0 Å². The molecule has 18 heavy (non-hydrogen) atoms. The van der Waals surface area contributed by atoms with Crippen molar-refractivity contribution in [2.45, 2.75) is 38.9 Å². The molecule has 0 aliphatic rings. The van der Waals surface area contributed by atoms with E-state index < -0.39 is 18.6 Å². The van der Waals surface area contributed by atoms with Crippen LogP contribution in [0.5, 0.6) is 0 Å². The van der Waals surface area contributed by atoms with Gasteiger partial charge in [0.05, 0.1) is 6.42 Å². The number of hydrogen-bond acceptors (Lipinski definition) is 4. The molecule has 0 bridgehead atoms. The molecule has 0 saturated heterocycles. The van der Waals surface area contributed by atoms with Crippen molar-refractivity contribution in [3.05, 3.63) is 12.4 Å². The molecule has 0 saturated carbocycles. The summed E-state index contributed by atoms with van der Waals surface area (Å²) in [6.45, 7) is 4.24. The second-order valence-corrected chi connectivity index (χ2v) is 4.08. The number of hydrogen-bond donors (Lipinski definition) is 2. The fourth-order valence-electron chi connectivity index (χ4n) is 1.44. The van der Waals surface area contributed by atoms with E-state index in [4.69, 9.17) is 0 Å². The van der Waals surface area contributed by atoms with Gasteiger partial charge in [0, 0.05) is 18.7 Å². The van der Waals surface area contributed by atoms with Gasteiger partial charge in [0.15, 0.2) is 0 Å². The van der Waals surface area contributed by atoms with Gasteiger partial charge in [-0.05, 0) is 13.3 Å². The molecule has 0 aliphatic carbocycles. The fraction of sp³-hybridized carbons (Fsp3) is 0.636. The monoisotopic (exact) mass is 262 g/mol. The third kappa shape index (κ3) is 5.70. The Balaban J connectivity index is 2.56. The summed E-state index contributed by atoms with van der Waals surface area (Å²) in [5, 5.41) is 5.75. The van der Waals surface area contributed by atoms with Crippen LogP contribution in [0.15, 0.2) is 12.4 Å². The Morgan fingerprint density at radius 3 is 2.56 bits per heavy atom. The molecule has 0 amide bonds. The molecule has 0 aliphatic heterocycles. The summed E-state index contributed by atoms with van der Waals surface area (Å²) in [5.41, 5.74) is 0. The summed E-state index contributed by atoms with van der Waals surface area (Å²) in [6.07, 6.45) is -2.81. The number of rotatable bonds is 6. The third-order valence-corrected chi connectivity index (χ3v) is 2.16. The molecule has 1 rings (SSSR count). The Kier molecular flexibility index (Phi) is 5.18. The van der Waals surface area contributed by atoms with E-state index in [9.17, 15) is 13.2 Å². The molecule has 1 aromatic heterocycles. The van der Waals surface area contributed by atoms with Gasteiger partial charge in [0.2, 0.25) is 0 Å². The molecule has 0 radical (unpaired) electrons. The maximum absolute atomic E-state index is 12.2. The predicted octanol–water partition coefficient (Wildman–Crippen LogP) is 3.05. The van der Waals surface area contributed by atoms with Gasteiger partial charge in [-0.3, -0.25) is 0 Å². The normalized spacial score (nSPS) is 13.2. The molecular weight excluding hydrogens is 245 g/mol. The van der Waals surface area contributed by atoms with Gasteiger partial charge in [0.25, 0.3) is 0 Å². The lowest BCUT2D eigenvalue weighted by molar-refractivity contribution is -0.136. The van der Waals surface area contributed by atoms with Gasteiger partial charge in [-0.15, -0.1) is 0 Å². The average Bonchev–Trinajstić information content (AvgIpc) is 2.24. The van der Waals surface area contributed by atoms with Gasteiger partial charge in [-0.2, -0.15) is 13.2 Å². The molecule has 1 unspecified atom stereocenters. The molecule has 102 valence electrons. The third-order valence-electron chi connectivity index (χ3n) is 2.16.